The third-order valence-corrected chi connectivity index (χ3v) is 4.72. The highest BCUT2D eigenvalue weighted by atomic mass is 16.5. The van der Waals surface area contributed by atoms with Gasteiger partial charge in [-0.2, -0.15) is 0 Å². The van der Waals surface area contributed by atoms with Crippen molar-refractivity contribution >= 4 is 11.9 Å². The predicted octanol–water partition coefficient (Wildman–Crippen LogP) is 5.62. The van der Waals surface area contributed by atoms with E-state index in [-0.39, 0.29) is 23.5 Å². The molecule has 0 aromatic rings. The molecule has 0 N–H and O–H groups in total. The highest BCUT2D eigenvalue weighted by Crippen LogP contribution is 2.42. The molecule has 1 aliphatic carbocycles. The summed E-state index contributed by atoms with van der Waals surface area (Å²) in [5.74, 6) is -0.487. The maximum Gasteiger partial charge on any atom is 0.302 e. The van der Waals surface area contributed by atoms with Crippen molar-refractivity contribution in [1.82, 2.24) is 0 Å². The largest absolute Gasteiger partial charge is 0.462 e. The molecule has 28 heavy (non-hydrogen) atoms. The van der Waals surface area contributed by atoms with E-state index in [1.165, 1.54) is 25.0 Å². The summed E-state index contributed by atoms with van der Waals surface area (Å²) in [6, 6.07) is 0. The van der Waals surface area contributed by atoms with Crippen LogP contribution in [0.3, 0.4) is 0 Å². The fraction of sp³-hybridized carbons (Fsp3) is 0.500. The number of hydrogen-bond acceptors (Lipinski definition) is 4. The Bertz CT molecular complexity index is 730. The molecule has 0 bridgehead atoms. The lowest BCUT2D eigenvalue weighted by Crippen LogP contribution is -2.31. The van der Waals surface area contributed by atoms with E-state index in [0.29, 0.717) is 6.61 Å². The molecule has 4 nitrogen and oxygen atoms in total. The van der Waals surface area contributed by atoms with Crippen molar-refractivity contribution in [2.75, 3.05) is 6.61 Å². The number of allylic oxidation sites excluding steroid dienone is 8. The minimum Gasteiger partial charge on any atom is -0.462 e. The molecule has 0 fully saturated rings. The van der Waals surface area contributed by atoms with Crippen LogP contribution in [-0.4, -0.2) is 24.6 Å². The van der Waals surface area contributed by atoms with Crippen LogP contribution in [0.1, 0.15) is 61.3 Å². The van der Waals surface area contributed by atoms with E-state index in [4.69, 9.17) is 9.47 Å². The first-order valence-electron chi connectivity index (χ1n) is 9.72. The third-order valence-electron chi connectivity index (χ3n) is 4.72. The SMILES string of the molecule is CC(=O)OC/C=C(C)/C=C/C=C(C)/C=C/C1=C(C)C[C@@H](OC(C)=O)CC1(C)C. The Hall–Kier alpha value is -2.36. The lowest BCUT2D eigenvalue weighted by molar-refractivity contribution is -0.147. The number of esters is 2. The van der Waals surface area contributed by atoms with Crippen LogP contribution >= 0.6 is 0 Å². The zero-order valence-corrected chi connectivity index (χ0v) is 18.3. The molecule has 0 amide bonds. The van der Waals surface area contributed by atoms with E-state index < -0.39 is 0 Å². The topological polar surface area (TPSA) is 52.6 Å². The van der Waals surface area contributed by atoms with E-state index in [2.05, 4.69) is 39.8 Å². The quantitative estimate of drug-likeness (QED) is 0.421. The number of hydrogen-bond donors (Lipinski definition) is 0. The zero-order chi connectivity index (χ0) is 21.3. The summed E-state index contributed by atoms with van der Waals surface area (Å²) in [7, 11) is 0. The molecule has 1 aliphatic rings. The minimum absolute atomic E-state index is 0.0361. The van der Waals surface area contributed by atoms with Gasteiger partial charge in [0.25, 0.3) is 0 Å². The van der Waals surface area contributed by atoms with Gasteiger partial charge in [-0.3, -0.25) is 9.59 Å². The summed E-state index contributed by atoms with van der Waals surface area (Å²) >= 11 is 0. The molecule has 0 aliphatic heterocycles. The fourth-order valence-electron chi connectivity index (χ4n) is 3.45. The summed E-state index contributed by atoms with van der Waals surface area (Å²) in [4.78, 5) is 22.0. The zero-order valence-electron chi connectivity index (χ0n) is 18.3. The fourth-order valence-corrected chi connectivity index (χ4v) is 3.45. The van der Waals surface area contributed by atoms with Gasteiger partial charge in [-0.1, -0.05) is 60.9 Å². The molecule has 0 radical (unpaired) electrons. The van der Waals surface area contributed by atoms with Crippen LogP contribution in [0, 0.1) is 5.41 Å². The second kappa shape index (κ2) is 10.8. The van der Waals surface area contributed by atoms with Gasteiger partial charge in [-0.05, 0) is 44.3 Å². The average Bonchev–Trinajstić information content (AvgIpc) is 2.52. The van der Waals surface area contributed by atoms with Crippen LogP contribution < -0.4 is 0 Å². The smallest absolute Gasteiger partial charge is 0.302 e. The van der Waals surface area contributed by atoms with E-state index in [9.17, 15) is 9.59 Å². The van der Waals surface area contributed by atoms with Crippen LogP contribution in [-0.2, 0) is 19.1 Å². The van der Waals surface area contributed by atoms with Crippen molar-refractivity contribution in [2.24, 2.45) is 5.41 Å². The highest BCUT2D eigenvalue weighted by molar-refractivity contribution is 5.66. The number of ether oxygens (including phenoxy) is 2. The first kappa shape index (κ1) is 23.7. The normalized spacial score (nSPS) is 20.8. The number of carbonyl (C=O) groups excluding carboxylic acids is 2. The van der Waals surface area contributed by atoms with Crippen LogP contribution in [0.25, 0.3) is 0 Å². The molecule has 0 heterocycles. The molecule has 1 atom stereocenters. The van der Waals surface area contributed by atoms with Gasteiger partial charge in [0, 0.05) is 20.3 Å². The standard InChI is InChI=1S/C24H34O4/c1-17(9-8-10-18(2)13-14-27-20(4)25)11-12-23-19(3)15-22(28-21(5)26)16-24(23,6)7/h8-13,22H,14-16H2,1-7H3/b10-8+,12-11+,17-9+,18-13+/t22-/m1/s1. The lowest BCUT2D eigenvalue weighted by Gasteiger charge is -2.37. The van der Waals surface area contributed by atoms with Gasteiger partial charge in [0.05, 0.1) is 0 Å². The molecule has 4 heteroatoms. The Kier molecular flexibility index (Phi) is 9.17. The Labute approximate surface area is 169 Å². The van der Waals surface area contributed by atoms with Crippen LogP contribution in [0.5, 0.6) is 0 Å². The van der Waals surface area contributed by atoms with Crippen molar-refractivity contribution in [3.63, 3.8) is 0 Å². The molecule has 0 aromatic heterocycles. The predicted molar refractivity (Wildman–Crippen MR) is 114 cm³/mol. The summed E-state index contributed by atoms with van der Waals surface area (Å²) in [5.41, 5.74) is 4.72. The number of rotatable bonds is 7. The first-order valence-corrected chi connectivity index (χ1v) is 9.72. The summed E-state index contributed by atoms with van der Waals surface area (Å²) in [6.07, 6.45) is 13.8. The van der Waals surface area contributed by atoms with Crippen molar-refractivity contribution in [2.45, 2.75) is 67.4 Å². The molecule has 0 aromatic carbocycles. The van der Waals surface area contributed by atoms with Crippen molar-refractivity contribution in [1.29, 1.82) is 0 Å². The molecule has 0 unspecified atom stereocenters. The van der Waals surface area contributed by atoms with Gasteiger partial charge < -0.3 is 9.47 Å². The molecule has 0 saturated carbocycles. The molecular weight excluding hydrogens is 352 g/mol. The van der Waals surface area contributed by atoms with E-state index in [1.54, 1.807) is 0 Å². The van der Waals surface area contributed by atoms with Crippen LogP contribution in [0.2, 0.25) is 0 Å². The van der Waals surface area contributed by atoms with Gasteiger partial charge >= 0.3 is 11.9 Å². The average molecular weight is 387 g/mol. The molecule has 1 rings (SSSR count). The minimum atomic E-state index is -0.275. The number of carbonyl (C=O) groups is 2. The van der Waals surface area contributed by atoms with Gasteiger partial charge in [0.15, 0.2) is 0 Å². The Morgan fingerprint density at radius 2 is 1.75 bits per heavy atom. The second-order valence-corrected chi connectivity index (χ2v) is 8.07. The van der Waals surface area contributed by atoms with Crippen LogP contribution in [0.4, 0.5) is 0 Å². The maximum atomic E-state index is 11.3. The summed E-state index contributed by atoms with van der Waals surface area (Å²) in [6.45, 7) is 13.7. The van der Waals surface area contributed by atoms with Crippen molar-refractivity contribution in [3.8, 4) is 0 Å². The highest BCUT2D eigenvalue weighted by Gasteiger charge is 2.33. The lowest BCUT2D eigenvalue weighted by atomic mass is 9.71. The second-order valence-electron chi connectivity index (χ2n) is 8.07. The molecule has 0 spiro atoms. The van der Waals surface area contributed by atoms with Gasteiger partial charge in [-0.25, -0.2) is 0 Å². The van der Waals surface area contributed by atoms with Crippen molar-refractivity contribution in [3.05, 3.63) is 58.7 Å². The maximum absolute atomic E-state index is 11.3. The molecule has 0 saturated heterocycles. The van der Waals surface area contributed by atoms with Gasteiger partial charge in [0.1, 0.15) is 12.7 Å². The van der Waals surface area contributed by atoms with Gasteiger partial charge in [-0.15, -0.1) is 0 Å². The Balaban J connectivity index is 2.77. The summed E-state index contributed by atoms with van der Waals surface area (Å²) < 4.78 is 10.3. The van der Waals surface area contributed by atoms with Crippen molar-refractivity contribution < 1.29 is 19.1 Å². The van der Waals surface area contributed by atoms with Crippen LogP contribution in [0.15, 0.2) is 58.7 Å². The monoisotopic (exact) mass is 386 g/mol. The van der Waals surface area contributed by atoms with Gasteiger partial charge in [0.2, 0.25) is 0 Å². The first-order chi connectivity index (χ1) is 13.0. The van der Waals surface area contributed by atoms with E-state index in [1.807, 2.05) is 31.2 Å². The molecular formula is C24H34O4. The summed E-state index contributed by atoms with van der Waals surface area (Å²) in [5, 5.41) is 0. The van der Waals surface area contributed by atoms with E-state index >= 15 is 0 Å². The Morgan fingerprint density at radius 3 is 2.32 bits per heavy atom. The molecule has 154 valence electrons. The third kappa shape index (κ3) is 8.55. The van der Waals surface area contributed by atoms with E-state index in [0.717, 1.165) is 24.0 Å². The Morgan fingerprint density at radius 1 is 1.07 bits per heavy atom.